The minimum atomic E-state index is 0.259. The largest absolute Gasteiger partial charge is 0.370 e. The van der Waals surface area contributed by atoms with Crippen molar-refractivity contribution in [2.24, 2.45) is 10.7 Å². The highest BCUT2D eigenvalue weighted by Gasteiger charge is 2.23. The van der Waals surface area contributed by atoms with Crippen LogP contribution in [0, 0.1) is 0 Å². The summed E-state index contributed by atoms with van der Waals surface area (Å²) in [5, 5.41) is 0.774. The van der Waals surface area contributed by atoms with E-state index >= 15 is 0 Å². The SMILES string of the molecule is CN(C)C(N)=NC[C@@H](c1cccc(Cl)c1)N1CCCC1. The van der Waals surface area contributed by atoms with Crippen LogP contribution >= 0.6 is 11.6 Å². The summed E-state index contributed by atoms with van der Waals surface area (Å²) in [5.41, 5.74) is 7.12. The quantitative estimate of drug-likeness (QED) is 0.685. The van der Waals surface area contributed by atoms with Gasteiger partial charge in [0.1, 0.15) is 0 Å². The fourth-order valence-electron chi connectivity index (χ4n) is 2.52. The highest BCUT2D eigenvalue weighted by molar-refractivity contribution is 6.30. The van der Waals surface area contributed by atoms with Gasteiger partial charge in [-0.2, -0.15) is 0 Å². The molecule has 110 valence electrons. The molecule has 2 rings (SSSR count). The molecule has 0 saturated carbocycles. The molecule has 1 aromatic rings. The van der Waals surface area contributed by atoms with Crippen molar-refractivity contribution in [3.8, 4) is 0 Å². The number of aliphatic imine (C=N–C) groups is 1. The second-order valence-electron chi connectivity index (χ2n) is 5.41. The van der Waals surface area contributed by atoms with Crippen LogP contribution < -0.4 is 5.73 Å². The van der Waals surface area contributed by atoms with Crippen LogP contribution in [0.1, 0.15) is 24.4 Å². The summed E-state index contributed by atoms with van der Waals surface area (Å²) >= 11 is 6.12. The van der Waals surface area contributed by atoms with E-state index in [1.54, 1.807) is 0 Å². The van der Waals surface area contributed by atoms with Crippen LogP contribution in [0.2, 0.25) is 5.02 Å². The zero-order valence-corrected chi connectivity index (χ0v) is 13.0. The molecule has 0 amide bonds. The maximum atomic E-state index is 6.12. The van der Waals surface area contributed by atoms with Gasteiger partial charge in [0.05, 0.1) is 12.6 Å². The summed E-state index contributed by atoms with van der Waals surface area (Å²) in [7, 11) is 3.81. The van der Waals surface area contributed by atoms with E-state index in [9.17, 15) is 0 Å². The lowest BCUT2D eigenvalue weighted by Gasteiger charge is -2.27. The van der Waals surface area contributed by atoms with Gasteiger partial charge in [0.2, 0.25) is 0 Å². The molecule has 1 heterocycles. The number of benzene rings is 1. The van der Waals surface area contributed by atoms with Crippen LogP contribution in [0.25, 0.3) is 0 Å². The molecule has 5 heteroatoms. The molecule has 0 spiro atoms. The summed E-state index contributed by atoms with van der Waals surface area (Å²) < 4.78 is 0. The topological polar surface area (TPSA) is 44.9 Å². The van der Waals surface area contributed by atoms with Crippen LogP contribution in [0.15, 0.2) is 29.3 Å². The maximum Gasteiger partial charge on any atom is 0.190 e. The Hall–Kier alpha value is -1.26. The van der Waals surface area contributed by atoms with E-state index in [1.165, 1.54) is 18.4 Å². The Morgan fingerprint density at radius 3 is 2.70 bits per heavy atom. The van der Waals surface area contributed by atoms with E-state index in [-0.39, 0.29) is 6.04 Å². The first-order chi connectivity index (χ1) is 9.58. The molecule has 1 aliphatic heterocycles. The van der Waals surface area contributed by atoms with E-state index in [4.69, 9.17) is 17.3 Å². The zero-order valence-electron chi connectivity index (χ0n) is 12.2. The molecule has 1 fully saturated rings. The standard InChI is InChI=1S/C15H23ClN4/c1-19(2)15(17)18-11-14(20-8-3-4-9-20)12-6-5-7-13(16)10-12/h5-7,10,14H,3-4,8-9,11H2,1-2H3,(H2,17,18)/t14-/m0/s1. The molecular formula is C15H23ClN4. The van der Waals surface area contributed by atoms with E-state index in [2.05, 4.69) is 16.0 Å². The maximum absolute atomic E-state index is 6.12. The summed E-state index contributed by atoms with van der Waals surface area (Å²) in [6, 6.07) is 8.32. The number of nitrogens with zero attached hydrogens (tertiary/aromatic N) is 3. The van der Waals surface area contributed by atoms with Crippen LogP contribution in [0.5, 0.6) is 0 Å². The Morgan fingerprint density at radius 1 is 1.40 bits per heavy atom. The van der Waals surface area contributed by atoms with Crippen molar-refractivity contribution in [1.29, 1.82) is 0 Å². The molecule has 0 aromatic heterocycles. The third-order valence-corrected chi connectivity index (χ3v) is 3.93. The van der Waals surface area contributed by atoms with Gasteiger partial charge in [0.25, 0.3) is 0 Å². The first kappa shape index (κ1) is 15.1. The van der Waals surface area contributed by atoms with Crippen LogP contribution in [-0.2, 0) is 0 Å². The Kier molecular flexibility index (Phi) is 5.26. The fraction of sp³-hybridized carbons (Fsp3) is 0.533. The van der Waals surface area contributed by atoms with Crippen molar-refractivity contribution in [3.05, 3.63) is 34.9 Å². The second kappa shape index (κ2) is 6.95. The Labute approximate surface area is 126 Å². The normalized spacial score (nSPS) is 18.2. The molecule has 0 unspecified atom stereocenters. The predicted molar refractivity (Wildman–Crippen MR) is 85.2 cm³/mol. The number of rotatable bonds is 4. The predicted octanol–water partition coefficient (Wildman–Crippen LogP) is 2.35. The molecular weight excluding hydrogens is 272 g/mol. The average molecular weight is 295 g/mol. The van der Waals surface area contributed by atoms with Crippen LogP contribution in [0.4, 0.5) is 0 Å². The minimum absolute atomic E-state index is 0.259. The number of likely N-dealkylation sites (tertiary alicyclic amines) is 1. The number of guanidine groups is 1. The van der Waals surface area contributed by atoms with Crippen molar-refractivity contribution in [2.75, 3.05) is 33.7 Å². The third-order valence-electron chi connectivity index (χ3n) is 3.70. The molecule has 4 nitrogen and oxygen atoms in total. The Balaban J connectivity index is 2.18. The van der Waals surface area contributed by atoms with Crippen LogP contribution in [-0.4, -0.2) is 49.5 Å². The van der Waals surface area contributed by atoms with Crippen molar-refractivity contribution in [2.45, 2.75) is 18.9 Å². The van der Waals surface area contributed by atoms with Gasteiger partial charge in [-0.05, 0) is 43.6 Å². The Morgan fingerprint density at radius 2 is 2.10 bits per heavy atom. The van der Waals surface area contributed by atoms with E-state index in [0.717, 1.165) is 18.1 Å². The van der Waals surface area contributed by atoms with Gasteiger partial charge in [-0.1, -0.05) is 23.7 Å². The molecule has 0 bridgehead atoms. The van der Waals surface area contributed by atoms with E-state index < -0.39 is 0 Å². The highest BCUT2D eigenvalue weighted by Crippen LogP contribution is 2.27. The highest BCUT2D eigenvalue weighted by atomic mass is 35.5. The fourth-order valence-corrected chi connectivity index (χ4v) is 2.72. The number of nitrogens with two attached hydrogens (primary N) is 1. The average Bonchev–Trinajstić information content (AvgIpc) is 2.92. The van der Waals surface area contributed by atoms with Gasteiger partial charge in [-0.3, -0.25) is 9.89 Å². The molecule has 0 radical (unpaired) electrons. The minimum Gasteiger partial charge on any atom is -0.370 e. The molecule has 0 aliphatic carbocycles. The van der Waals surface area contributed by atoms with Gasteiger partial charge >= 0.3 is 0 Å². The molecule has 20 heavy (non-hydrogen) atoms. The van der Waals surface area contributed by atoms with Gasteiger partial charge in [-0.25, -0.2) is 0 Å². The third kappa shape index (κ3) is 3.87. The van der Waals surface area contributed by atoms with Gasteiger partial charge < -0.3 is 10.6 Å². The zero-order chi connectivity index (χ0) is 14.5. The van der Waals surface area contributed by atoms with Gasteiger partial charge in [0, 0.05) is 19.1 Å². The van der Waals surface area contributed by atoms with Gasteiger partial charge in [0.15, 0.2) is 5.96 Å². The summed E-state index contributed by atoms with van der Waals surface area (Å²) in [4.78, 5) is 8.81. The molecule has 1 saturated heterocycles. The monoisotopic (exact) mass is 294 g/mol. The Bertz CT molecular complexity index is 467. The van der Waals surface area contributed by atoms with E-state index in [1.807, 2.05) is 37.2 Å². The lowest BCUT2D eigenvalue weighted by atomic mass is 10.1. The summed E-state index contributed by atoms with van der Waals surface area (Å²) in [5.74, 6) is 0.566. The second-order valence-corrected chi connectivity index (χ2v) is 5.84. The lowest BCUT2D eigenvalue weighted by molar-refractivity contribution is 0.251. The molecule has 1 aromatic carbocycles. The summed E-state index contributed by atoms with van der Waals surface area (Å²) in [6.45, 7) is 2.91. The van der Waals surface area contributed by atoms with Crippen molar-refractivity contribution >= 4 is 17.6 Å². The van der Waals surface area contributed by atoms with Crippen molar-refractivity contribution in [1.82, 2.24) is 9.80 Å². The molecule has 2 N–H and O–H groups in total. The lowest BCUT2D eigenvalue weighted by Crippen LogP contribution is -2.33. The van der Waals surface area contributed by atoms with Crippen LogP contribution in [0.3, 0.4) is 0 Å². The smallest absolute Gasteiger partial charge is 0.190 e. The van der Waals surface area contributed by atoms with Gasteiger partial charge in [-0.15, -0.1) is 0 Å². The number of hydrogen-bond acceptors (Lipinski definition) is 2. The number of hydrogen-bond donors (Lipinski definition) is 1. The first-order valence-corrected chi connectivity index (χ1v) is 7.42. The molecule has 1 aliphatic rings. The number of halogens is 1. The van der Waals surface area contributed by atoms with Crippen molar-refractivity contribution in [3.63, 3.8) is 0 Å². The first-order valence-electron chi connectivity index (χ1n) is 7.04. The van der Waals surface area contributed by atoms with E-state index in [0.29, 0.717) is 12.5 Å². The van der Waals surface area contributed by atoms with Crippen molar-refractivity contribution < 1.29 is 0 Å². The molecule has 1 atom stereocenters. The summed E-state index contributed by atoms with van der Waals surface area (Å²) in [6.07, 6.45) is 2.51.